The highest BCUT2D eigenvalue weighted by Gasteiger charge is 2.14. The van der Waals surface area contributed by atoms with E-state index in [1.165, 1.54) is 12.5 Å². The van der Waals surface area contributed by atoms with Crippen molar-refractivity contribution in [2.45, 2.75) is 20.4 Å². The molecular formula is C18H17N3O4. The molecule has 25 heavy (non-hydrogen) atoms. The van der Waals surface area contributed by atoms with Crippen LogP contribution in [-0.4, -0.2) is 20.9 Å². The van der Waals surface area contributed by atoms with Crippen molar-refractivity contribution < 1.29 is 9.52 Å². The average molecular weight is 339 g/mol. The molecule has 7 nitrogen and oxygen atoms in total. The number of aromatic hydroxyl groups is 1. The third-order valence-electron chi connectivity index (χ3n) is 3.79. The fraction of sp³-hybridized carbons (Fsp3) is 0.167. The molecule has 2 heterocycles. The molecule has 0 saturated heterocycles. The predicted molar refractivity (Wildman–Crippen MR) is 94.0 cm³/mol. The molecule has 0 unspecified atom stereocenters. The van der Waals surface area contributed by atoms with Crippen molar-refractivity contribution in [1.82, 2.24) is 9.55 Å². The third kappa shape index (κ3) is 3.45. The van der Waals surface area contributed by atoms with Crippen molar-refractivity contribution in [2.24, 2.45) is 4.99 Å². The van der Waals surface area contributed by atoms with Crippen molar-refractivity contribution in [3.8, 4) is 5.88 Å². The molecule has 1 aromatic carbocycles. The molecule has 128 valence electrons. The first kappa shape index (κ1) is 16.5. The highest BCUT2D eigenvalue weighted by molar-refractivity contribution is 5.84. The number of nitrogens with one attached hydrogen (secondary N) is 1. The lowest BCUT2D eigenvalue weighted by Crippen LogP contribution is -2.32. The topological polar surface area (TPSA) is 101 Å². The Balaban J connectivity index is 2.02. The summed E-state index contributed by atoms with van der Waals surface area (Å²) in [5.41, 5.74) is 1.20. The summed E-state index contributed by atoms with van der Waals surface area (Å²) in [6.07, 6.45) is 2.72. The van der Waals surface area contributed by atoms with Crippen molar-refractivity contribution in [3.05, 3.63) is 79.9 Å². The number of aryl methyl sites for hydroxylation is 2. The van der Waals surface area contributed by atoms with Crippen LogP contribution < -0.4 is 11.2 Å². The van der Waals surface area contributed by atoms with Gasteiger partial charge in [0.15, 0.2) is 0 Å². The number of hydrogen-bond acceptors (Lipinski definition) is 5. The predicted octanol–water partition coefficient (Wildman–Crippen LogP) is 2.25. The minimum absolute atomic E-state index is 0.00114. The van der Waals surface area contributed by atoms with Crippen LogP contribution in [0.4, 0.5) is 5.69 Å². The maximum atomic E-state index is 12.0. The van der Waals surface area contributed by atoms with Gasteiger partial charge in [0.25, 0.3) is 5.56 Å². The second kappa shape index (κ2) is 6.64. The minimum Gasteiger partial charge on any atom is -0.494 e. The largest absolute Gasteiger partial charge is 0.494 e. The number of rotatable bonds is 4. The molecule has 0 bridgehead atoms. The van der Waals surface area contributed by atoms with Gasteiger partial charge < -0.3 is 9.52 Å². The molecule has 0 radical (unpaired) electrons. The molecule has 0 amide bonds. The Morgan fingerprint density at radius 3 is 2.76 bits per heavy atom. The van der Waals surface area contributed by atoms with Gasteiger partial charge in [0.2, 0.25) is 5.88 Å². The number of furan rings is 1. The van der Waals surface area contributed by atoms with Gasteiger partial charge in [-0.1, -0.05) is 17.7 Å². The summed E-state index contributed by atoms with van der Waals surface area (Å²) >= 11 is 0. The van der Waals surface area contributed by atoms with Crippen LogP contribution in [0.5, 0.6) is 5.88 Å². The van der Waals surface area contributed by atoms with E-state index >= 15 is 0 Å². The van der Waals surface area contributed by atoms with Crippen LogP contribution >= 0.6 is 0 Å². The quantitative estimate of drug-likeness (QED) is 0.712. The maximum absolute atomic E-state index is 12.0. The number of aromatic nitrogens is 2. The van der Waals surface area contributed by atoms with E-state index in [-0.39, 0.29) is 12.1 Å². The summed E-state index contributed by atoms with van der Waals surface area (Å²) < 4.78 is 6.19. The second-order valence-electron chi connectivity index (χ2n) is 5.71. The van der Waals surface area contributed by atoms with Gasteiger partial charge in [0.05, 0.1) is 18.5 Å². The van der Waals surface area contributed by atoms with Gasteiger partial charge in [-0.2, -0.15) is 0 Å². The summed E-state index contributed by atoms with van der Waals surface area (Å²) in [7, 11) is 0. The van der Waals surface area contributed by atoms with E-state index in [0.29, 0.717) is 11.4 Å². The van der Waals surface area contributed by atoms with Gasteiger partial charge in [-0.25, -0.2) is 4.79 Å². The number of nitrogens with zero attached hydrogens (tertiary/aromatic N) is 2. The molecule has 3 aromatic rings. The SMILES string of the molecule is Cc1ccc(N=Cc2c(O)n(Cc3ccco3)c(=O)[nH]c2=O)c(C)c1. The highest BCUT2D eigenvalue weighted by Crippen LogP contribution is 2.20. The van der Waals surface area contributed by atoms with Crippen LogP contribution in [-0.2, 0) is 6.54 Å². The van der Waals surface area contributed by atoms with E-state index in [4.69, 9.17) is 4.42 Å². The first-order valence-corrected chi connectivity index (χ1v) is 7.65. The highest BCUT2D eigenvalue weighted by atomic mass is 16.3. The standard InChI is InChI=1S/C18H17N3O4/c1-11-5-6-15(12(2)8-11)19-9-14-16(22)20-18(24)21(17(14)23)10-13-4-3-7-25-13/h3-9,23H,10H2,1-2H3,(H,20,22,24). The lowest BCUT2D eigenvalue weighted by atomic mass is 10.1. The van der Waals surface area contributed by atoms with Crippen molar-refractivity contribution >= 4 is 11.9 Å². The van der Waals surface area contributed by atoms with Crippen LogP contribution in [0.3, 0.4) is 0 Å². The molecule has 2 aromatic heterocycles. The molecule has 0 aliphatic carbocycles. The number of aromatic amines is 1. The molecule has 2 N–H and O–H groups in total. The van der Waals surface area contributed by atoms with Gasteiger partial charge in [0, 0.05) is 6.21 Å². The van der Waals surface area contributed by atoms with E-state index in [2.05, 4.69) is 9.98 Å². The maximum Gasteiger partial charge on any atom is 0.331 e. The molecule has 0 atom stereocenters. The summed E-state index contributed by atoms with van der Waals surface area (Å²) in [6, 6.07) is 9.04. The van der Waals surface area contributed by atoms with Gasteiger partial charge in [-0.15, -0.1) is 0 Å². The molecule has 7 heteroatoms. The number of benzene rings is 1. The summed E-state index contributed by atoms with van der Waals surface area (Å²) in [4.78, 5) is 30.4. The molecule has 0 aliphatic heterocycles. The Labute approximate surface area is 142 Å². The van der Waals surface area contributed by atoms with E-state index in [1.54, 1.807) is 12.1 Å². The summed E-state index contributed by atoms with van der Waals surface area (Å²) in [5.74, 6) is 0.0142. The summed E-state index contributed by atoms with van der Waals surface area (Å²) in [6.45, 7) is 3.88. The molecular weight excluding hydrogens is 322 g/mol. The van der Waals surface area contributed by atoms with E-state index < -0.39 is 17.1 Å². The van der Waals surface area contributed by atoms with Crippen molar-refractivity contribution in [2.75, 3.05) is 0 Å². The zero-order valence-electron chi connectivity index (χ0n) is 13.8. The smallest absolute Gasteiger partial charge is 0.331 e. The molecule has 3 rings (SSSR count). The fourth-order valence-corrected chi connectivity index (χ4v) is 2.48. The lowest BCUT2D eigenvalue weighted by molar-refractivity contribution is 0.392. The molecule has 0 saturated carbocycles. The molecule has 0 spiro atoms. The Morgan fingerprint density at radius 2 is 2.08 bits per heavy atom. The monoisotopic (exact) mass is 339 g/mol. The second-order valence-corrected chi connectivity index (χ2v) is 5.71. The van der Waals surface area contributed by atoms with E-state index in [0.717, 1.165) is 15.7 Å². The van der Waals surface area contributed by atoms with Crippen molar-refractivity contribution in [1.29, 1.82) is 0 Å². The van der Waals surface area contributed by atoms with E-state index in [9.17, 15) is 14.7 Å². The molecule has 0 fully saturated rings. The Hall–Kier alpha value is -3.35. The van der Waals surface area contributed by atoms with E-state index in [1.807, 2.05) is 32.0 Å². The van der Waals surface area contributed by atoms with Gasteiger partial charge in [-0.3, -0.25) is 19.3 Å². The number of aliphatic imine (C=N–C) groups is 1. The third-order valence-corrected chi connectivity index (χ3v) is 3.79. The van der Waals surface area contributed by atoms with Crippen molar-refractivity contribution in [3.63, 3.8) is 0 Å². The van der Waals surface area contributed by atoms with Crippen LogP contribution in [0.1, 0.15) is 22.5 Å². The Morgan fingerprint density at radius 1 is 1.28 bits per heavy atom. The normalized spacial score (nSPS) is 11.3. The first-order valence-electron chi connectivity index (χ1n) is 7.65. The number of H-pyrrole nitrogens is 1. The zero-order chi connectivity index (χ0) is 18.0. The van der Waals surface area contributed by atoms with Gasteiger partial charge in [-0.05, 0) is 37.6 Å². The van der Waals surface area contributed by atoms with Crippen LogP contribution in [0.25, 0.3) is 0 Å². The minimum atomic E-state index is -0.720. The summed E-state index contributed by atoms with van der Waals surface area (Å²) in [5, 5.41) is 10.4. The van der Waals surface area contributed by atoms with Crippen LogP contribution in [0.15, 0.2) is 55.6 Å². The van der Waals surface area contributed by atoms with Crippen LogP contribution in [0, 0.1) is 13.8 Å². The average Bonchev–Trinajstić information content (AvgIpc) is 3.06. The molecule has 0 aliphatic rings. The number of hydrogen-bond donors (Lipinski definition) is 2. The first-order chi connectivity index (χ1) is 12.0. The van der Waals surface area contributed by atoms with Crippen LogP contribution in [0.2, 0.25) is 0 Å². The van der Waals surface area contributed by atoms with Gasteiger partial charge >= 0.3 is 5.69 Å². The Kier molecular flexibility index (Phi) is 4.38. The fourth-order valence-electron chi connectivity index (χ4n) is 2.48. The lowest BCUT2D eigenvalue weighted by Gasteiger charge is -2.08. The zero-order valence-corrected chi connectivity index (χ0v) is 13.8. The Bertz CT molecular complexity index is 1040. The van der Waals surface area contributed by atoms with Gasteiger partial charge in [0.1, 0.15) is 11.3 Å².